The molecular formula is C23H31Cl3N2O4. The third-order valence-corrected chi connectivity index (χ3v) is 5.43. The van der Waals surface area contributed by atoms with Crippen LogP contribution in [-0.2, 0) is 20.8 Å². The fourth-order valence-electron chi connectivity index (χ4n) is 3.55. The summed E-state index contributed by atoms with van der Waals surface area (Å²) >= 11 is 6.04. The Morgan fingerprint density at radius 3 is 2.19 bits per heavy atom. The number of hydrogen-bond acceptors (Lipinski definition) is 5. The SMILES string of the molecule is Cl.Cl.O=C(O)COCCOCCN1CCN(Cc2ccccc2-c2ccc(Cl)cc2)CC1. The molecule has 1 heterocycles. The highest BCUT2D eigenvalue weighted by atomic mass is 35.5. The van der Waals surface area contributed by atoms with Crippen LogP contribution in [0, 0.1) is 0 Å². The molecule has 6 nitrogen and oxygen atoms in total. The molecule has 0 aliphatic carbocycles. The van der Waals surface area contributed by atoms with Gasteiger partial charge in [0.25, 0.3) is 0 Å². The van der Waals surface area contributed by atoms with Gasteiger partial charge < -0.3 is 14.6 Å². The molecule has 0 saturated carbocycles. The van der Waals surface area contributed by atoms with Crippen LogP contribution in [0.4, 0.5) is 0 Å². The number of halogens is 3. The molecule has 2 aromatic rings. The summed E-state index contributed by atoms with van der Waals surface area (Å²) in [6, 6.07) is 16.6. The summed E-state index contributed by atoms with van der Waals surface area (Å²) < 4.78 is 10.5. The van der Waals surface area contributed by atoms with Crippen molar-refractivity contribution in [3.8, 4) is 11.1 Å². The third kappa shape index (κ3) is 9.63. The molecule has 1 saturated heterocycles. The lowest BCUT2D eigenvalue weighted by molar-refractivity contribution is -0.142. The Hall–Kier alpha value is -1.38. The van der Waals surface area contributed by atoms with Gasteiger partial charge in [0, 0.05) is 44.3 Å². The summed E-state index contributed by atoms with van der Waals surface area (Å²) in [5.41, 5.74) is 3.78. The highest BCUT2D eigenvalue weighted by Gasteiger charge is 2.18. The van der Waals surface area contributed by atoms with E-state index in [1.807, 2.05) is 12.1 Å². The van der Waals surface area contributed by atoms with Crippen molar-refractivity contribution in [1.29, 1.82) is 0 Å². The van der Waals surface area contributed by atoms with Gasteiger partial charge in [0.05, 0.1) is 19.8 Å². The topological polar surface area (TPSA) is 62.2 Å². The maximum absolute atomic E-state index is 10.4. The van der Waals surface area contributed by atoms with Gasteiger partial charge in [-0.1, -0.05) is 48.0 Å². The first kappa shape index (κ1) is 28.7. The molecule has 1 N–H and O–H groups in total. The van der Waals surface area contributed by atoms with Crippen LogP contribution in [-0.4, -0.2) is 80.0 Å². The van der Waals surface area contributed by atoms with Gasteiger partial charge in [-0.3, -0.25) is 9.80 Å². The van der Waals surface area contributed by atoms with Crippen LogP contribution < -0.4 is 0 Å². The maximum Gasteiger partial charge on any atom is 0.329 e. The molecule has 0 unspecified atom stereocenters. The molecule has 1 aliphatic heterocycles. The molecule has 1 fully saturated rings. The van der Waals surface area contributed by atoms with E-state index in [0.717, 1.165) is 44.3 Å². The highest BCUT2D eigenvalue weighted by Crippen LogP contribution is 2.26. The zero-order valence-electron chi connectivity index (χ0n) is 18.0. The van der Waals surface area contributed by atoms with Gasteiger partial charge in [-0.2, -0.15) is 0 Å². The zero-order chi connectivity index (χ0) is 21.2. The van der Waals surface area contributed by atoms with Crippen LogP contribution in [0.5, 0.6) is 0 Å². The standard InChI is InChI=1S/C23H29ClN2O4.2ClH/c24-21-7-5-19(6-8-21)22-4-2-1-3-20(22)17-26-11-9-25(10-12-26)13-14-29-15-16-30-18-23(27)28;;/h1-8H,9-18H2,(H,27,28);2*1H. The van der Waals surface area contributed by atoms with Crippen LogP contribution in [0.25, 0.3) is 11.1 Å². The predicted molar refractivity (Wildman–Crippen MR) is 132 cm³/mol. The van der Waals surface area contributed by atoms with Gasteiger partial charge in [0.2, 0.25) is 0 Å². The average molecular weight is 506 g/mol. The molecule has 0 radical (unpaired) electrons. The van der Waals surface area contributed by atoms with Crippen LogP contribution in [0.1, 0.15) is 5.56 Å². The van der Waals surface area contributed by atoms with Gasteiger partial charge in [-0.15, -0.1) is 24.8 Å². The first-order chi connectivity index (χ1) is 14.6. The normalized spacial score (nSPS) is 14.4. The minimum absolute atomic E-state index is 0. The fourth-order valence-corrected chi connectivity index (χ4v) is 3.68. The van der Waals surface area contributed by atoms with Crippen LogP contribution in [0.15, 0.2) is 48.5 Å². The quantitative estimate of drug-likeness (QED) is 0.464. The van der Waals surface area contributed by atoms with Crippen LogP contribution in [0.3, 0.4) is 0 Å². The molecule has 9 heteroatoms. The Morgan fingerprint density at radius 1 is 0.875 bits per heavy atom. The Bertz CT molecular complexity index is 800. The number of carboxylic acid groups (broad SMARTS) is 1. The van der Waals surface area contributed by atoms with Crippen molar-refractivity contribution in [2.24, 2.45) is 0 Å². The smallest absolute Gasteiger partial charge is 0.329 e. The van der Waals surface area contributed by atoms with Crippen molar-refractivity contribution in [2.45, 2.75) is 6.54 Å². The number of nitrogens with zero attached hydrogens (tertiary/aromatic N) is 2. The molecule has 178 valence electrons. The van der Waals surface area contributed by atoms with Crippen molar-refractivity contribution >= 4 is 42.4 Å². The lowest BCUT2D eigenvalue weighted by Gasteiger charge is -2.35. The van der Waals surface area contributed by atoms with Crippen LogP contribution >= 0.6 is 36.4 Å². The van der Waals surface area contributed by atoms with Gasteiger partial charge in [0.15, 0.2) is 0 Å². The summed E-state index contributed by atoms with van der Waals surface area (Å²) in [5, 5.41) is 9.26. The minimum Gasteiger partial charge on any atom is -0.480 e. The molecule has 0 atom stereocenters. The van der Waals surface area contributed by atoms with E-state index in [1.165, 1.54) is 16.7 Å². The van der Waals surface area contributed by atoms with E-state index in [0.29, 0.717) is 19.8 Å². The number of hydrogen-bond donors (Lipinski definition) is 1. The second-order valence-corrected chi connectivity index (χ2v) is 7.78. The molecule has 1 aliphatic rings. The van der Waals surface area contributed by atoms with Gasteiger partial charge in [-0.25, -0.2) is 4.79 Å². The molecule has 32 heavy (non-hydrogen) atoms. The Kier molecular flexibility index (Phi) is 13.8. The Balaban J connectivity index is 0.00000256. The summed E-state index contributed by atoms with van der Waals surface area (Å²) in [7, 11) is 0. The van der Waals surface area contributed by atoms with E-state index in [1.54, 1.807) is 0 Å². The summed E-state index contributed by atoms with van der Waals surface area (Å²) in [6.45, 7) is 7.00. The van der Waals surface area contributed by atoms with Crippen molar-refractivity contribution in [3.05, 3.63) is 59.1 Å². The van der Waals surface area contributed by atoms with E-state index < -0.39 is 5.97 Å². The number of aliphatic carboxylic acids is 1. The zero-order valence-corrected chi connectivity index (χ0v) is 20.3. The summed E-state index contributed by atoms with van der Waals surface area (Å²) in [6.07, 6.45) is 0. The molecule has 2 aromatic carbocycles. The number of piperazine rings is 1. The summed E-state index contributed by atoms with van der Waals surface area (Å²) in [4.78, 5) is 15.3. The molecule has 0 spiro atoms. The maximum atomic E-state index is 10.4. The van der Waals surface area contributed by atoms with Crippen molar-refractivity contribution < 1.29 is 19.4 Å². The first-order valence-corrected chi connectivity index (χ1v) is 10.7. The monoisotopic (exact) mass is 504 g/mol. The minimum atomic E-state index is -0.955. The average Bonchev–Trinajstić information content (AvgIpc) is 2.75. The van der Waals surface area contributed by atoms with Gasteiger partial charge >= 0.3 is 5.97 Å². The van der Waals surface area contributed by atoms with Crippen LogP contribution in [0.2, 0.25) is 5.02 Å². The highest BCUT2D eigenvalue weighted by molar-refractivity contribution is 6.30. The van der Waals surface area contributed by atoms with E-state index >= 15 is 0 Å². The molecule has 3 rings (SSSR count). The Labute approximate surface area is 207 Å². The molecule has 0 amide bonds. The largest absolute Gasteiger partial charge is 0.480 e. The fraction of sp³-hybridized carbons (Fsp3) is 0.435. The molecular weight excluding hydrogens is 475 g/mol. The van der Waals surface area contributed by atoms with E-state index in [-0.39, 0.29) is 31.4 Å². The van der Waals surface area contributed by atoms with Gasteiger partial charge in [-0.05, 0) is 28.8 Å². The van der Waals surface area contributed by atoms with E-state index in [4.69, 9.17) is 26.2 Å². The van der Waals surface area contributed by atoms with E-state index in [9.17, 15) is 4.79 Å². The Morgan fingerprint density at radius 2 is 1.50 bits per heavy atom. The van der Waals surface area contributed by atoms with Crippen molar-refractivity contribution in [1.82, 2.24) is 9.80 Å². The van der Waals surface area contributed by atoms with Crippen molar-refractivity contribution in [2.75, 3.05) is 59.2 Å². The number of carbonyl (C=O) groups is 1. The molecule has 0 aromatic heterocycles. The predicted octanol–water partition coefficient (Wildman–Crippen LogP) is 4.09. The van der Waals surface area contributed by atoms with E-state index in [2.05, 4.69) is 46.2 Å². The number of benzene rings is 2. The lowest BCUT2D eigenvalue weighted by Crippen LogP contribution is -2.46. The number of rotatable bonds is 11. The lowest BCUT2D eigenvalue weighted by atomic mass is 9.99. The third-order valence-electron chi connectivity index (χ3n) is 5.18. The second-order valence-electron chi connectivity index (χ2n) is 7.34. The van der Waals surface area contributed by atoms with Crippen molar-refractivity contribution in [3.63, 3.8) is 0 Å². The number of carboxylic acids is 1. The van der Waals surface area contributed by atoms with Gasteiger partial charge in [0.1, 0.15) is 6.61 Å². The first-order valence-electron chi connectivity index (χ1n) is 10.3. The molecule has 0 bridgehead atoms. The summed E-state index contributed by atoms with van der Waals surface area (Å²) in [5.74, 6) is -0.955. The number of ether oxygens (including phenoxy) is 2. The second kappa shape index (κ2) is 15.5.